The number of rotatable bonds is 6. The molecule has 0 unspecified atom stereocenters. The highest BCUT2D eigenvalue weighted by Gasteiger charge is 2.36. The van der Waals surface area contributed by atoms with Crippen molar-refractivity contribution >= 4 is 45.8 Å². The molecule has 3 rings (SSSR count). The van der Waals surface area contributed by atoms with Gasteiger partial charge in [-0.05, 0) is 36.0 Å². The first-order valence-electron chi connectivity index (χ1n) is 10.1. The minimum absolute atomic E-state index is 0.0648. The van der Waals surface area contributed by atoms with Gasteiger partial charge in [0.25, 0.3) is 5.91 Å². The number of hydrogen-bond donors (Lipinski definition) is 2. The smallest absolute Gasteiger partial charge is 0.417 e. The van der Waals surface area contributed by atoms with E-state index in [0.717, 1.165) is 6.20 Å². The van der Waals surface area contributed by atoms with Crippen molar-refractivity contribution < 1.29 is 27.1 Å². The van der Waals surface area contributed by atoms with Crippen LogP contribution < -0.4 is 15.0 Å². The molecule has 33 heavy (non-hydrogen) atoms. The minimum atomic E-state index is -4.81. The molecule has 12 heteroatoms. The molecule has 0 radical (unpaired) electrons. The second-order valence-corrected chi connectivity index (χ2v) is 8.95. The highest BCUT2D eigenvalue weighted by atomic mass is 79.9. The summed E-state index contributed by atoms with van der Waals surface area (Å²) in [7, 11) is 1.97. The summed E-state index contributed by atoms with van der Waals surface area (Å²) >= 11 is 7.03. The molecule has 1 aliphatic rings. The van der Waals surface area contributed by atoms with Crippen molar-refractivity contribution in [2.75, 3.05) is 49.3 Å². The van der Waals surface area contributed by atoms with Gasteiger partial charge in [-0.15, -0.1) is 0 Å². The maximum Gasteiger partial charge on any atom is 0.417 e. The van der Waals surface area contributed by atoms with Gasteiger partial charge in [0.1, 0.15) is 5.82 Å². The number of likely N-dealkylation sites (N-methyl/N-ethyl adjacent to an activating group) is 1. The number of anilines is 2. The Kier molecular flexibility index (Phi) is 8.12. The van der Waals surface area contributed by atoms with Crippen LogP contribution in [0.3, 0.4) is 0 Å². The summed E-state index contributed by atoms with van der Waals surface area (Å²) in [5, 5.41) is 2.51. The van der Waals surface area contributed by atoms with Crippen LogP contribution in [0, 0.1) is 5.82 Å². The van der Waals surface area contributed by atoms with Crippen LogP contribution >= 0.6 is 28.6 Å². The number of carbonyl (C=O) groups excluding carboxylic acids is 1. The number of aromatic nitrogens is 1. The summed E-state index contributed by atoms with van der Waals surface area (Å²) in [6, 6.07) is 3.45. The SMILES string of the molecule is C[C@H]1CN(c2cc(F)c(Br)cc2NC(=O)c2cnc(OCCS)cc2C(F)(F)F)CCN1C. The number of pyridine rings is 1. The van der Waals surface area contributed by atoms with Crippen LogP contribution in [0.15, 0.2) is 28.9 Å². The van der Waals surface area contributed by atoms with Gasteiger partial charge in [-0.2, -0.15) is 25.8 Å². The number of benzene rings is 1. The average Bonchev–Trinajstić information content (AvgIpc) is 2.75. The zero-order valence-electron chi connectivity index (χ0n) is 17.9. The number of carbonyl (C=O) groups is 1. The number of halogens is 5. The lowest BCUT2D eigenvalue weighted by molar-refractivity contribution is -0.138. The number of hydrogen-bond acceptors (Lipinski definition) is 6. The number of thiol groups is 1. The second-order valence-electron chi connectivity index (χ2n) is 7.65. The van der Waals surface area contributed by atoms with Crippen LogP contribution in [0.1, 0.15) is 22.8 Å². The Morgan fingerprint density at radius 3 is 2.70 bits per heavy atom. The molecule has 1 atom stereocenters. The number of alkyl halides is 3. The van der Waals surface area contributed by atoms with Crippen LogP contribution in [-0.2, 0) is 6.18 Å². The average molecular weight is 551 g/mol. The number of nitrogens with one attached hydrogen (secondary N) is 1. The Hall–Kier alpha value is -2.05. The lowest BCUT2D eigenvalue weighted by Gasteiger charge is -2.39. The fourth-order valence-corrected chi connectivity index (χ4v) is 3.87. The monoisotopic (exact) mass is 550 g/mol. The Labute approximate surface area is 202 Å². The Bertz CT molecular complexity index is 1020. The van der Waals surface area contributed by atoms with Crippen LogP contribution in [0.4, 0.5) is 28.9 Å². The van der Waals surface area contributed by atoms with Crippen LogP contribution in [0.25, 0.3) is 0 Å². The molecule has 0 saturated carbocycles. The molecule has 0 spiro atoms. The maximum atomic E-state index is 14.3. The minimum Gasteiger partial charge on any atom is -0.477 e. The summed E-state index contributed by atoms with van der Waals surface area (Å²) < 4.78 is 60.5. The molecular weight excluding hydrogens is 528 g/mol. The molecule has 2 aromatic rings. The van der Waals surface area contributed by atoms with E-state index in [0.29, 0.717) is 37.1 Å². The van der Waals surface area contributed by atoms with Gasteiger partial charge < -0.3 is 19.9 Å². The Morgan fingerprint density at radius 2 is 2.06 bits per heavy atom. The summed E-state index contributed by atoms with van der Waals surface area (Å²) in [4.78, 5) is 20.8. The summed E-state index contributed by atoms with van der Waals surface area (Å²) in [6.45, 7) is 3.92. The topological polar surface area (TPSA) is 57.7 Å². The second kappa shape index (κ2) is 10.5. The quantitative estimate of drug-likeness (QED) is 0.403. The van der Waals surface area contributed by atoms with E-state index in [1.54, 1.807) is 0 Å². The van der Waals surface area contributed by atoms with Gasteiger partial charge in [-0.1, -0.05) is 0 Å². The molecule has 1 aromatic heterocycles. The number of amides is 1. The number of piperazine rings is 1. The Balaban J connectivity index is 1.95. The standard InChI is InChI=1S/C21H23BrF4N4O2S/c1-12-11-30(4-3-29(12)2)18-9-16(23)15(22)8-17(18)28-20(31)13-10-27-19(32-5-6-33)7-14(13)21(24,25)26/h7-10,12,33H,3-6,11H2,1-2H3,(H,28,31)/t12-/m0/s1. The molecule has 180 valence electrons. The van der Waals surface area contributed by atoms with Gasteiger partial charge in [-0.3, -0.25) is 4.79 Å². The fraction of sp³-hybridized carbons (Fsp3) is 0.429. The van der Waals surface area contributed by atoms with E-state index < -0.39 is 29.0 Å². The third kappa shape index (κ3) is 6.10. The predicted octanol–water partition coefficient (Wildman–Crippen LogP) is 4.70. The van der Waals surface area contributed by atoms with Crippen molar-refractivity contribution in [3.8, 4) is 5.88 Å². The van der Waals surface area contributed by atoms with Crippen LogP contribution in [-0.4, -0.2) is 60.9 Å². The van der Waals surface area contributed by atoms with Crippen molar-refractivity contribution in [2.24, 2.45) is 0 Å². The van der Waals surface area contributed by atoms with E-state index in [1.807, 2.05) is 18.9 Å². The molecule has 1 amide bonds. The van der Waals surface area contributed by atoms with Gasteiger partial charge in [0, 0.05) is 49.8 Å². The van der Waals surface area contributed by atoms with E-state index in [9.17, 15) is 22.4 Å². The van der Waals surface area contributed by atoms with Crippen molar-refractivity contribution in [3.63, 3.8) is 0 Å². The zero-order chi connectivity index (χ0) is 24.3. The van der Waals surface area contributed by atoms with Crippen LogP contribution in [0.2, 0.25) is 0 Å². The molecule has 1 saturated heterocycles. The highest BCUT2D eigenvalue weighted by Crippen LogP contribution is 2.36. The van der Waals surface area contributed by atoms with Gasteiger partial charge in [-0.25, -0.2) is 9.37 Å². The van der Waals surface area contributed by atoms with Gasteiger partial charge in [0.05, 0.1) is 33.6 Å². The normalized spacial score (nSPS) is 17.2. The number of nitrogens with zero attached hydrogens (tertiary/aromatic N) is 3. The molecular formula is C21H23BrF4N4O2S. The Morgan fingerprint density at radius 1 is 1.33 bits per heavy atom. The van der Waals surface area contributed by atoms with Gasteiger partial charge in [0.2, 0.25) is 5.88 Å². The van der Waals surface area contributed by atoms with Crippen molar-refractivity contribution in [1.82, 2.24) is 9.88 Å². The molecule has 1 aromatic carbocycles. The van der Waals surface area contributed by atoms with Gasteiger partial charge in [0.15, 0.2) is 0 Å². The fourth-order valence-electron chi connectivity index (χ4n) is 3.44. The molecule has 6 nitrogen and oxygen atoms in total. The first kappa shape index (κ1) is 25.6. The maximum absolute atomic E-state index is 14.3. The van der Waals surface area contributed by atoms with Crippen molar-refractivity contribution in [3.05, 3.63) is 45.8 Å². The van der Waals surface area contributed by atoms with Crippen LogP contribution in [0.5, 0.6) is 5.88 Å². The summed E-state index contributed by atoms with van der Waals surface area (Å²) in [5.74, 6) is -1.53. The largest absolute Gasteiger partial charge is 0.477 e. The van der Waals surface area contributed by atoms with E-state index in [2.05, 4.69) is 43.8 Å². The van der Waals surface area contributed by atoms with Gasteiger partial charge >= 0.3 is 6.18 Å². The van der Waals surface area contributed by atoms with E-state index in [4.69, 9.17) is 4.74 Å². The molecule has 1 fully saturated rings. The highest BCUT2D eigenvalue weighted by molar-refractivity contribution is 9.10. The van der Waals surface area contributed by atoms with Crippen molar-refractivity contribution in [1.29, 1.82) is 0 Å². The first-order chi connectivity index (χ1) is 15.5. The lowest BCUT2D eigenvalue weighted by atomic mass is 10.1. The van der Waals surface area contributed by atoms with Crippen molar-refractivity contribution in [2.45, 2.75) is 19.1 Å². The zero-order valence-corrected chi connectivity index (χ0v) is 20.4. The molecule has 2 heterocycles. The molecule has 0 aliphatic carbocycles. The lowest BCUT2D eigenvalue weighted by Crippen LogP contribution is -2.50. The summed E-state index contributed by atoms with van der Waals surface area (Å²) in [5.41, 5.74) is -1.27. The molecule has 0 bridgehead atoms. The molecule has 1 aliphatic heterocycles. The van der Waals surface area contributed by atoms with E-state index in [1.165, 1.54) is 12.1 Å². The van der Waals surface area contributed by atoms with E-state index >= 15 is 0 Å². The predicted molar refractivity (Wildman–Crippen MR) is 125 cm³/mol. The third-order valence-corrected chi connectivity index (χ3v) is 6.15. The molecule has 1 N–H and O–H groups in total. The first-order valence-corrected chi connectivity index (χ1v) is 11.5. The summed E-state index contributed by atoms with van der Waals surface area (Å²) in [6.07, 6.45) is -3.99. The number of ether oxygens (including phenoxy) is 1. The van der Waals surface area contributed by atoms with E-state index in [-0.39, 0.29) is 28.7 Å². The third-order valence-electron chi connectivity index (χ3n) is 5.36.